The molecule has 1 heterocycles. The minimum Gasteiger partial charge on any atom is -0.480 e. The van der Waals surface area contributed by atoms with Gasteiger partial charge in [0.1, 0.15) is 6.04 Å². The normalized spacial score (nSPS) is 21.9. The van der Waals surface area contributed by atoms with E-state index in [2.05, 4.69) is 30.0 Å². The van der Waals surface area contributed by atoms with E-state index >= 15 is 0 Å². The molecule has 1 aliphatic heterocycles. The molecular formula is C16H22N2O2. The monoisotopic (exact) mass is 274 g/mol. The summed E-state index contributed by atoms with van der Waals surface area (Å²) in [5.41, 5.74) is 2.44. The number of hydrogen-bond acceptors (Lipinski definition) is 3. The molecule has 1 N–H and O–H groups in total. The van der Waals surface area contributed by atoms with Crippen LogP contribution in [0, 0.1) is 0 Å². The van der Waals surface area contributed by atoms with Crippen molar-refractivity contribution in [2.24, 2.45) is 0 Å². The second-order valence-electron chi connectivity index (χ2n) is 5.47. The zero-order valence-corrected chi connectivity index (χ0v) is 12.1. The summed E-state index contributed by atoms with van der Waals surface area (Å²) in [6, 6.07) is 9.81. The average molecular weight is 274 g/mol. The number of piperazine rings is 1. The molecule has 0 amide bonds. The topological polar surface area (TPSA) is 43.8 Å². The van der Waals surface area contributed by atoms with E-state index in [1.165, 1.54) is 11.1 Å². The lowest BCUT2D eigenvalue weighted by atomic mass is 10.1. The van der Waals surface area contributed by atoms with Gasteiger partial charge in [0.25, 0.3) is 0 Å². The quantitative estimate of drug-likeness (QED) is 0.909. The fraction of sp³-hybridized carbons (Fsp3) is 0.438. The van der Waals surface area contributed by atoms with Crippen molar-refractivity contribution in [3.05, 3.63) is 41.5 Å². The third kappa shape index (κ3) is 3.92. The van der Waals surface area contributed by atoms with Crippen molar-refractivity contribution in [2.45, 2.75) is 13.0 Å². The van der Waals surface area contributed by atoms with E-state index in [9.17, 15) is 9.90 Å². The Labute approximate surface area is 120 Å². The fourth-order valence-electron chi connectivity index (χ4n) is 2.57. The third-order valence-corrected chi connectivity index (χ3v) is 3.70. The van der Waals surface area contributed by atoms with E-state index in [0.29, 0.717) is 6.54 Å². The molecule has 2 rings (SSSR count). The van der Waals surface area contributed by atoms with E-state index in [1.54, 1.807) is 0 Å². The first-order chi connectivity index (χ1) is 9.56. The first-order valence-corrected chi connectivity index (χ1v) is 6.94. The molecule has 1 saturated heterocycles. The maximum atomic E-state index is 11.2. The molecule has 4 nitrogen and oxygen atoms in total. The minimum atomic E-state index is -0.734. The summed E-state index contributed by atoms with van der Waals surface area (Å²) in [6.07, 6.45) is 2.16. The van der Waals surface area contributed by atoms with E-state index in [4.69, 9.17) is 0 Å². The van der Waals surface area contributed by atoms with Gasteiger partial charge in [-0.15, -0.1) is 0 Å². The standard InChI is InChI=1S/C16H22N2O2/c1-13(10-14-6-4-3-5-7-14)11-18-9-8-17(2)15(12-18)16(19)20/h3-7,10,15H,8-9,11-12H2,1-2H3,(H,19,20). The van der Waals surface area contributed by atoms with Crippen molar-refractivity contribution in [3.8, 4) is 0 Å². The van der Waals surface area contributed by atoms with Crippen LogP contribution < -0.4 is 0 Å². The average Bonchev–Trinajstić information content (AvgIpc) is 2.41. The Bertz CT molecular complexity index is 485. The second-order valence-corrected chi connectivity index (χ2v) is 5.47. The van der Waals surface area contributed by atoms with Gasteiger partial charge in [0.2, 0.25) is 0 Å². The lowest BCUT2D eigenvalue weighted by molar-refractivity contribution is -0.145. The van der Waals surface area contributed by atoms with Crippen molar-refractivity contribution in [1.82, 2.24) is 9.80 Å². The van der Waals surface area contributed by atoms with Gasteiger partial charge in [-0.2, -0.15) is 0 Å². The number of carboxylic acids is 1. The predicted octanol–water partition coefficient (Wildman–Crippen LogP) is 1.79. The first kappa shape index (κ1) is 14.8. The highest BCUT2D eigenvalue weighted by atomic mass is 16.4. The summed E-state index contributed by atoms with van der Waals surface area (Å²) >= 11 is 0. The van der Waals surface area contributed by atoms with Crippen LogP contribution in [0.3, 0.4) is 0 Å². The molecule has 1 aromatic rings. The van der Waals surface area contributed by atoms with Gasteiger partial charge in [0.15, 0.2) is 0 Å². The Hall–Kier alpha value is -1.65. The van der Waals surface area contributed by atoms with Crippen LogP contribution in [0.1, 0.15) is 12.5 Å². The van der Waals surface area contributed by atoms with Crippen LogP contribution in [0.5, 0.6) is 0 Å². The molecule has 0 aromatic heterocycles. The van der Waals surface area contributed by atoms with Gasteiger partial charge in [-0.1, -0.05) is 42.0 Å². The molecule has 0 bridgehead atoms. The van der Waals surface area contributed by atoms with Crippen molar-refractivity contribution >= 4 is 12.0 Å². The van der Waals surface area contributed by atoms with Crippen LogP contribution in [-0.2, 0) is 4.79 Å². The number of aliphatic carboxylic acids is 1. The van der Waals surface area contributed by atoms with Gasteiger partial charge in [-0.05, 0) is 19.5 Å². The summed E-state index contributed by atoms with van der Waals surface area (Å²) < 4.78 is 0. The molecule has 1 aromatic carbocycles. The number of nitrogens with zero attached hydrogens (tertiary/aromatic N) is 2. The van der Waals surface area contributed by atoms with Crippen LogP contribution >= 0.6 is 0 Å². The molecule has 4 heteroatoms. The number of hydrogen-bond donors (Lipinski definition) is 1. The molecule has 20 heavy (non-hydrogen) atoms. The Balaban J connectivity index is 1.96. The van der Waals surface area contributed by atoms with Gasteiger partial charge < -0.3 is 5.11 Å². The highest BCUT2D eigenvalue weighted by Gasteiger charge is 2.29. The van der Waals surface area contributed by atoms with E-state index < -0.39 is 12.0 Å². The maximum absolute atomic E-state index is 11.2. The highest BCUT2D eigenvalue weighted by Crippen LogP contribution is 2.12. The van der Waals surface area contributed by atoms with Crippen molar-refractivity contribution in [2.75, 3.05) is 33.2 Å². The van der Waals surface area contributed by atoms with Crippen LogP contribution in [0.25, 0.3) is 6.08 Å². The summed E-state index contributed by atoms with van der Waals surface area (Å²) in [4.78, 5) is 15.3. The molecule has 1 unspecified atom stereocenters. The number of carboxylic acid groups (broad SMARTS) is 1. The smallest absolute Gasteiger partial charge is 0.322 e. The number of likely N-dealkylation sites (N-methyl/N-ethyl adjacent to an activating group) is 1. The van der Waals surface area contributed by atoms with Crippen LogP contribution in [-0.4, -0.2) is 60.1 Å². The third-order valence-electron chi connectivity index (χ3n) is 3.70. The van der Waals surface area contributed by atoms with Gasteiger partial charge in [0.05, 0.1) is 0 Å². The molecule has 108 valence electrons. The van der Waals surface area contributed by atoms with E-state index in [-0.39, 0.29) is 0 Å². The fourth-order valence-corrected chi connectivity index (χ4v) is 2.57. The Kier molecular flexibility index (Phi) is 4.93. The minimum absolute atomic E-state index is 0.395. The number of benzene rings is 1. The molecule has 1 atom stereocenters. The van der Waals surface area contributed by atoms with Crippen LogP contribution in [0.4, 0.5) is 0 Å². The second kappa shape index (κ2) is 6.68. The highest BCUT2D eigenvalue weighted by molar-refractivity contribution is 5.73. The van der Waals surface area contributed by atoms with Gasteiger partial charge in [-0.25, -0.2) is 0 Å². The Morgan fingerprint density at radius 1 is 1.35 bits per heavy atom. The zero-order valence-electron chi connectivity index (χ0n) is 12.1. The Morgan fingerprint density at radius 2 is 2.05 bits per heavy atom. The maximum Gasteiger partial charge on any atom is 0.322 e. The molecule has 0 radical (unpaired) electrons. The zero-order chi connectivity index (χ0) is 14.5. The van der Waals surface area contributed by atoms with E-state index in [0.717, 1.165) is 19.6 Å². The van der Waals surface area contributed by atoms with Gasteiger partial charge in [-0.3, -0.25) is 14.6 Å². The summed E-state index contributed by atoms with van der Waals surface area (Å²) in [6.45, 7) is 5.23. The summed E-state index contributed by atoms with van der Waals surface area (Å²) in [5.74, 6) is -0.734. The lowest BCUT2D eigenvalue weighted by Crippen LogP contribution is -2.54. The predicted molar refractivity (Wildman–Crippen MR) is 80.6 cm³/mol. The molecule has 0 aliphatic carbocycles. The first-order valence-electron chi connectivity index (χ1n) is 6.94. The SMILES string of the molecule is CC(=Cc1ccccc1)CN1CCN(C)C(C(=O)O)C1. The van der Waals surface area contributed by atoms with E-state index in [1.807, 2.05) is 30.1 Å². The lowest BCUT2D eigenvalue weighted by Gasteiger charge is -2.37. The van der Waals surface area contributed by atoms with Gasteiger partial charge >= 0.3 is 5.97 Å². The van der Waals surface area contributed by atoms with Crippen molar-refractivity contribution < 1.29 is 9.90 Å². The van der Waals surface area contributed by atoms with Crippen LogP contribution in [0.2, 0.25) is 0 Å². The largest absolute Gasteiger partial charge is 0.480 e. The molecule has 0 saturated carbocycles. The molecule has 1 fully saturated rings. The molecule has 0 spiro atoms. The number of carbonyl (C=O) groups is 1. The van der Waals surface area contributed by atoms with Crippen molar-refractivity contribution in [3.63, 3.8) is 0 Å². The molecular weight excluding hydrogens is 252 g/mol. The Morgan fingerprint density at radius 3 is 2.70 bits per heavy atom. The van der Waals surface area contributed by atoms with Gasteiger partial charge in [0, 0.05) is 26.2 Å². The van der Waals surface area contributed by atoms with Crippen molar-refractivity contribution in [1.29, 1.82) is 0 Å². The molecule has 1 aliphatic rings. The number of rotatable bonds is 4. The van der Waals surface area contributed by atoms with Crippen LogP contribution in [0.15, 0.2) is 35.9 Å². The summed E-state index contributed by atoms with van der Waals surface area (Å²) in [7, 11) is 1.88. The summed E-state index contributed by atoms with van der Waals surface area (Å²) in [5, 5.41) is 9.21.